The normalized spacial score (nSPS) is 10.4. The molecule has 0 amide bonds. The second kappa shape index (κ2) is 6.38. The molecule has 0 saturated carbocycles. The molecule has 6 heteroatoms. The second-order valence-corrected chi connectivity index (χ2v) is 4.89. The van der Waals surface area contributed by atoms with Gasteiger partial charge < -0.3 is 9.26 Å². The smallest absolute Gasteiger partial charge is 0.397 e. The van der Waals surface area contributed by atoms with Crippen LogP contribution >= 0.6 is 11.8 Å². The third-order valence-electron chi connectivity index (χ3n) is 2.28. The first-order valence-electron chi connectivity index (χ1n) is 5.88. The number of hydrogen-bond acceptors (Lipinski definition) is 6. The maximum Gasteiger partial charge on any atom is 0.397 e. The fraction of sp³-hybridized carbons (Fsp3) is 0.308. The number of rotatable bonds is 5. The van der Waals surface area contributed by atoms with Crippen molar-refractivity contribution in [1.29, 1.82) is 0 Å². The molecule has 0 radical (unpaired) electrons. The van der Waals surface area contributed by atoms with Crippen LogP contribution in [0.4, 0.5) is 0 Å². The lowest BCUT2D eigenvalue weighted by Crippen LogP contribution is -2.04. The van der Waals surface area contributed by atoms with Crippen LogP contribution in [0.3, 0.4) is 0 Å². The first-order valence-corrected chi connectivity index (χ1v) is 6.86. The highest BCUT2D eigenvalue weighted by Crippen LogP contribution is 2.22. The Hall–Kier alpha value is -1.82. The second-order valence-electron chi connectivity index (χ2n) is 3.84. The lowest BCUT2D eigenvalue weighted by atomic mass is 10.2. The summed E-state index contributed by atoms with van der Waals surface area (Å²) in [5.41, 5.74) is 1.20. The number of nitrogens with zero attached hydrogens (tertiary/aromatic N) is 2. The summed E-state index contributed by atoms with van der Waals surface area (Å²) in [6, 6.07) is 8.14. The van der Waals surface area contributed by atoms with E-state index in [0.717, 1.165) is 4.90 Å². The van der Waals surface area contributed by atoms with E-state index in [2.05, 4.69) is 16.2 Å². The van der Waals surface area contributed by atoms with E-state index in [1.165, 1.54) is 5.56 Å². The Labute approximate surface area is 115 Å². The van der Waals surface area contributed by atoms with E-state index in [-0.39, 0.29) is 12.5 Å². The SMILES string of the molecule is CCOC(=O)c1nc(CSc2cccc(C)c2)no1. The van der Waals surface area contributed by atoms with Crippen LogP contribution in [0.2, 0.25) is 0 Å². The van der Waals surface area contributed by atoms with E-state index in [1.54, 1.807) is 18.7 Å². The number of carbonyl (C=O) groups is 1. The van der Waals surface area contributed by atoms with Crippen molar-refractivity contribution in [3.8, 4) is 0 Å². The van der Waals surface area contributed by atoms with E-state index in [9.17, 15) is 4.79 Å². The number of thioether (sulfide) groups is 1. The molecule has 0 N–H and O–H groups in total. The molecule has 0 fully saturated rings. The third kappa shape index (κ3) is 3.82. The van der Waals surface area contributed by atoms with Crippen LogP contribution in [-0.4, -0.2) is 22.7 Å². The molecule has 0 atom stereocenters. The van der Waals surface area contributed by atoms with Gasteiger partial charge >= 0.3 is 11.9 Å². The summed E-state index contributed by atoms with van der Waals surface area (Å²) in [4.78, 5) is 16.5. The van der Waals surface area contributed by atoms with Gasteiger partial charge in [0.25, 0.3) is 0 Å². The average Bonchev–Trinajstić information content (AvgIpc) is 2.86. The minimum atomic E-state index is -0.582. The molecule has 2 rings (SSSR count). The van der Waals surface area contributed by atoms with Crippen molar-refractivity contribution in [2.45, 2.75) is 24.5 Å². The van der Waals surface area contributed by atoms with Crippen molar-refractivity contribution in [2.24, 2.45) is 0 Å². The van der Waals surface area contributed by atoms with Crippen LogP contribution in [0, 0.1) is 6.92 Å². The number of aromatic nitrogens is 2. The number of benzene rings is 1. The van der Waals surface area contributed by atoms with Gasteiger partial charge in [0.2, 0.25) is 0 Å². The molecular weight excluding hydrogens is 264 g/mol. The van der Waals surface area contributed by atoms with Gasteiger partial charge in [-0.05, 0) is 26.0 Å². The number of esters is 1. The number of carbonyl (C=O) groups excluding carboxylic acids is 1. The number of aryl methyl sites for hydroxylation is 1. The van der Waals surface area contributed by atoms with Crippen molar-refractivity contribution in [3.63, 3.8) is 0 Å². The van der Waals surface area contributed by atoms with Crippen LogP contribution in [-0.2, 0) is 10.5 Å². The zero-order chi connectivity index (χ0) is 13.7. The predicted molar refractivity (Wildman–Crippen MR) is 71.0 cm³/mol. The molecule has 0 saturated heterocycles. The lowest BCUT2D eigenvalue weighted by molar-refractivity contribution is 0.0470. The molecule has 100 valence electrons. The fourth-order valence-electron chi connectivity index (χ4n) is 1.44. The van der Waals surface area contributed by atoms with Gasteiger partial charge in [0.05, 0.1) is 12.4 Å². The quantitative estimate of drug-likeness (QED) is 0.619. The molecule has 0 aliphatic carbocycles. The Morgan fingerprint density at radius 2 is 2.32 bits per heavy atom. The molecule has 0 bridgehead atoms. The Kier molecular flexibility index (Phi) is 4.57. The highest BCUT2D eigenvalue weighted by molar-refractivity contribution is 7.98. The Balaban J connectivity index is 1.95. The minimum Gasteiger partial charge on any atom is -0.459 e. The highest BCUT2D eigenvalue weighted by atomic mass is 32.2. The maximum absolute atomic E-state index is 11.4. The minimum absolute atomic E-state index is 0.0957. The molecule has 1 aromatic carbocycles. The zero-order valence-corrected chi connectivity index (χ0v) is 11.6. The molecule has 5 nitrogen and oxygen atoms in total. The molecule has 0 aliphatic heterocycles. The monoisotopic (exact) mass is 278 g/mol. The Morgan fingerprint density at radius 3 is 3.05 bits per heavy atom. The number of hydrogen-bond donors (Lipinski definition) is 0. The fourth-order valence-corrected chi connectivity index (χ4v) is 2.30. The molecule has 1 aromatic heterocycles. The molecule has 0 spiro atoms. The van der Waals surface area contributed by atoms with Crippen molar-refractivity contribution in [2.75, 3.05) is 6.61 Å². The lowest BCUT2D eigenvalue weighted by Gasteiger charge is -1.99. The van der Waals surface area contributed by atoms with Crippen molar-refractivity contribution >= 4 is 17.7 Å². The van der Waals surface area contributed by atoms with Gasteiger partial charge in [-0.1, -0.05) is 22.9 Å². The van der Waals surface area contributed by atoms with Crippen molar-refractivity contribution < 1.29 is 14.1 Å². The van der Waals surface area contributed by atoms with E-state index < -0.39 is 5.97 Å². The summed E-state index contributed by atoms with van der Waals surface area (Å²) < 4.78 is 9.62. The molecule has 0 unspecified atom stereocenters. The van der Waals surface area contributed by atoms with Crippen LogP contribution in [0.15, 0.2) is 33.7 Å². The summed E-state index contributed by atoms with van der Waals surface area (Å²) in [5, 5.41) is 3.75. The van der Waals surface area contributed by atoms with Gasteiger partial charge in [-0.15, -0.1) is 11.8 Å². The van der Waals surface area contributed by atoms with Crippen molar-refractivity contribution in [3.05, 3.63) is 41.5 Å². The van der Waals surface area contributed by atoms with Crippen molar-refractivity contribution in [1.82, 2.24) is 10.1 Å². The van der Waals surface area contributed by atoms with Crippen LogP contribution < -0.4 is 0 Å². The summed E-state index contributed by atoms with van der Waals surface area (Å²) in [5.74, 6) is 0.352. The molecular formula is C13H14N2O3S. The average molecular weight is 278 g/mol. The van der Waals surface area contributed by atoms with Gasteiger partial charge in [-0.2, -0.15) is 4.98 Å². The maximum atomic E-state index is 11.4. The van der Waals surface area contributed by atoms with E-state index in [0.29, 0.717) is 11.6 Å². The van der Waals surface area contributed by atoms with Crippen LogP contribution in [0.25, 0.3) is 0 Å². The Bertz CT molecular complexity index is 569. The first kappa shape index (κ1) is 13.6. The van der Waals surface area contributed by atoms with E-state index >= 15 is 0 Å². The molecule has 0 aliphatic rings. The Morgan fingerprint density at radius 1 is 1.47 bits per heavy atom. The van der Waals surface area contributed by atoms with Gasteiger partial charge in [-0.3, -0.25) is 0 Å². The zero-order valence-electron chi connectivity index (χ0n) is 10.8. The van der Waals surface area contributed by atoms with Gasteiger partial charge in [0, 0.05) is 4.90 Å². The third-order valence-corrected chi connectivity index (χ3v) is 3.27. The molecule has 2 aromatic rings. The van der Waals surface area contributed by atoms with Crippen LogP contribution in [0.1, 0.15) is 29.0 Å². The molecule has 1 heterocycles. The van der Waals surface area contributed by atoms with E-state index in [4.69, 9.17) is 9.26 Å². The predicted octanol–water partition coefficient (Wildman–Crippen LogP) is 2.85. The van der Waals surface area contributed by atoms with Gasteiger partial charge in [0.15, 0.2) is 5.82 Å². The summed E-state index contributed by atoms with van der Waals surface area (Å²) in [6.07, 6.45) is 0. The highest BCUT2D eigenvalue weighted by Gasteiger charge is 2.15. The number of ether oxygens (including phenoxy) is 1. The standard InChI is InChI=1S/C13H14N2O3S/c1-3-17-13(16)12-14-11(15-18-12)8-19-10-6-4-5-9(2)7-10/h4-7H,3,8H2,1-2H3. The summed E-state index contributed by atoms with van der Waals surface area (Å²) >= 11 is 1.59. The molecule has 19 heavy (non-hydrogen) atoms. The van der Waals surface area contributed by atoms with Gasteiger partial charge in [0.1, 0.15) is 0 Å². The van der Waals surface area contributed by atoms with Gasteiger partial charge in [-0.25, -0.2) is 4.79 Å². The van der Waals surface area contributed by atoms with E-state index in [1.807, 2.05) is 25.1 Å². The topological polar surface area (TPSA) is 65.2 Å². The summed E-state index contributed by atoms with van der Waals surface area (Å²) in [7, 11) is 0. The summed E-state index contributed by atoms with van der Waals surface area (Å²) in [6.45, 7) is 4.05. The largest absolute Gasteiger partial charge is 0.459 e. The first-order chi connectivity index (χ1) is 9.19. The van der Waals surface area contributed by atoms with Crippen LogP contribution in [0.5, 0.6) is 0 Å².